The summed E-state index contributed by atoms with van der Waals surface area (Å²) in [5.41, 5.74) is 5.39. The van der Waals surface area contributed by atoms with Gasteiger partial charge in [-0.1, -0.05) is 42.1 Å². The van der Waals surface area contributed by atoms with Gasteiger partial charge in [-0.05, 0) is 55.0 Å². The van der Waals surface area contributed by atoms with E-state index in [-0.39, 0.29) is 11.7 Å². The summed E-state index contributed by atoms with van der Waals surface area (Å²) in [6.07, 6.45) is 1.50. The number of hydrogen-bond donors (Lipinski definition) is 2. The van der Waals surface area contributed by atoms with Gasteiger partial charge < -0.3 is 14.5 Å². The fourth-order valence-corrected chi connectivity index (χ4v) is 3.71. The summed E-state index contributed by atoms with van der Waals surface area (Å²) in [7, 11) is 0. The lowest BCUT2D eigenvalue weighted by molar-refractivity contribution is -0.118. The number of rotatable bonds is 9. The van der Waals surface area contributed by atoms with Gasteiger partial charge in [0.05, 0.1) is 35.2 Å². The number of carbonyl (C=O) groups excluding carboxylic acids is 2. The first-order valence-corrected chi connectivity index (χ1v) is 11.5. The number of imidazole rings is 1. The fourth-order valence-electron chi connectivity index (χ4n) is 3.03. The highest BCUT2D eigenvalue weighted by Gasteiger charge is 2.13. The lowest BCUT2D eigenvalue weighted by atomic mass is 10.2. The number of hydrogen-bond acceptors (Lipinski definition) is 7. The molecule has 1 amide bonds. The number of hydrazone groups is 1. The molecule has 1 heterocycles. The zero-order chi connectivity index (χ0) is 23.8. The van der Waals surface area contributed by atoms with Crippen molar-refractivity contribution in [2.75, 3.05) is 12.4 Å². The molecule has 0 saturated heterocycles. The standard InChI is InChI=1S/C25H22N4O4S/c1-2-32-22-14-17(12-13-21(22)33-24(31)18-8-4-3-5-9-18)15-26-29-23(30)16-34-25-27-19-10-6-7-11-20(19)28-25/h3-15H,2,16H2,1H3,(H,27,28)(H,29,30)/b26-15-. The van der Waals surface area contributed by atoms with Crippen molar-refractivity contribution in [3.63, 3.8) is 0 Å². The van der Waals surface area contributed by atoms with E-state index in [2.05, 4.69) is 20.5 Å². The first-order valence-electron chi connectivity index (χ1n) is 10.6. The van der Waals surface area contributed by atoms with Crippen LogP contribution in [-0.2, 0) is 4.79 Å². The molecule has 0 aliphatic heterocycles. The minimum Gasteiger partial charge on any atom is -0.490 e. The zero-order valence-electron chi connectivity index (χ0n) is 18.4. The number of nitrogens with zero attached hydrogens (tertiary/aromatic N) is 2. The Labute approximate surface area is 200 Å². The summed E-state index contributed by atoms with van der Waals surface area (Å²) in [5.74, 6) is 0.134. The highest BCUT2D eigenvalue weighted by molar-refractivity contribution is 7.99. The van der Waals surface area contributed by atoms with Gasteiger partial charge in [-0.2, -0.15) is 5.10 Å². The summed E-state index contributed by atoms with van der Waals surface area (Å²) in [5, 5.41) is 4.67. The number of esters is 1. The minimum atomic E-state index is -0.475. The van der Waals surface area contributed by atoms with Crippen molar-refractivity contribution in [1.82, 2.24) is 15.4 Å². The van der Waals surface area contributed by atoms with Gasteiger partial charge in [0.2, 0.25) is 0 Å². The van der Waals surface area contributed by atoms with Crippen LogP contribution in [0.15, 0.2) is 83.1 Å². The molecule has 0 fully saturated rings. The first kappa shape index (κ1) is 23.1. The average Bonchev–Trinajstić information content (AvgIpc) is 3.28. The molecule has 2 N–H and O–H groups in total. The molecule has 0 atom stereocenters. The van der Waals surface area contributed by atoms with Crippen molar-refractivity contribution >= 4 is 40.9 Å². The second kappa shape index (κ2) is 11.2. The summed E-state index contributed by atoms with van der Waals surface area (Å²) in [6.45, 7) is 2.23. The van der Waals surface area contributed by atoms with Crippen LogP contribution >= 0.6 is 11.8 Å². The van der Waals surface area contributed by atoms with Gasteiger partial charge in [0.1, 0.15) is 0 Å². The number of amides is 1. The Morgan fingerprint density at radius 3 is 2.65 bits per heavy atom. The lowest BCUT2D eigenvalue weighted by Gasteiger charge is -2.11. The van der Waals surface area contributed by atoms with E-state index in [1.807, 2.05) is 37.3 Å². The SMILES string of the molecule is CCOc1cc(/C=N\NC(=O)CSc2nc3ccccc3[nH]2)ccc1OC(=O)c1ccccc1. The summed E-state index contributed by atoms with van der Waals surface area (Å²) in [4.78, 5) is 32.1. The molecule has 0 bridgehead atoms. The third kappa shape index (κ3) is 6.02. The molecule has 34 heavy (non-hydrogen) atoms. The van der Waals surface area contributed by atoms with E-state index in [1.165, 1.54) is 18.0 Å². The van der Waals surface area contributed by atoms with Crippen LogP contribution in [-0.4, -0.2) is 40.4 Å². The molecule has 4 aromatic rings. The lowest BCUT2D eigenvalue weighted by Crippen LogP contribution is -2.19. The van der Waals surface area contributed by atoms with E-state index in [0.29, 0.717) is 34.4 Å². The molecule has 0 aliphatic rings. The predicted molar refractivity (Wildman–Crippen MR) is 132 cm³/mol. The Bertz CT molecular complexity index is 1290. The third-order valence-corrected chi connectivity index (χ3v) is 5.46. The van der Waals surface area contributed by atoms with Crippen molar-refractivity contribution < 1.29 is 19.1 Å². The summed E-state index contributed by atoms with van der Waals surface area (Å²) < 4.78 is 11.1. The van der Waals surface area contributed by atoms with E-state index >= 15 is 0 Å². The molecule has 0 spiro atoms. The number of aromatic nitrogens is 2. The second-order valence-electron chi connectivity index (χ2n) is 7.04. The number of fused-ring (bicyclic) bond motifs is 1. The molecule has 0 unspecified atom stereocenters. The highest BCUT2D eigenvalue weighted by Crippen LogP contribution is 2.29. The van der Waals surface area contributed by atoms with Crippen LogP contribution in [0.1, 0.15) is 22.8 Å². The summed E-state index contributed by atoms with van der Waals surface area (Å²) >= 11 is 1.29. The quantitative estimate of drug-likeness (QED) is 0.122. The Morgan fingerprint density at radius 2 is 1.85 bits per heavy atom. The van der Waals surface area contributed by atoms with E-state index in [1.54, 1.807) is 42.5 Å². The van der Waals surface area contributed by atoms with Crippen molar-refractivity contribution in [1.29, 1.82) is 0 Å². The van der Waals surface area contributed by atoms with E-state index in [9.17, 15) is 9.59 Å². The van der Waals surface area contributed by atoms with Crippen molar-refractivity contribution in [3.8, 4) is 11.5 Å². The number of thioether (sulfide) groups is 1. The number of ether oxygens (including phenoxy) is 2. The molecule has 1 aromatic heterocycles. The monoisotopic (exact) mass is 474 g/mol. The van der Waals surface area contributed by atoms with Crippen LogP contribution in [0.3, 0.4) is 0 Å². The molecule has 8 nitrogen and oxygen atoms in total. The highest BCUT2D eigenvalue weighted by atomic mass is 32.2. The Balaban J connectivity index is 1.33. The molecule has 172 valence electrons. The smallest absolute Gasteiger partial charge is 0.343 e. The largest absolute Gasteiger partial charge is 0.490 e. The van der Waals surface area contributed by atoms with Crippen molar-refractivity contribution in [2.45, 2.75) is 12.1 Å². The van der Waals surface area contributed by atoms with Crippen LogP contribution in [0.5, 0.6) is 11.5 Å². The topological polar surface area (TPSA) is 106 Å². The molecule has 0 saturated carbocycles. The van der Waals surface area contributed by atoms with Gasteiger partial charge in [-0.3, -0.25) is 4.79 Å². The van der Waals surface area contributed by atoms with Crippen LogP contribution < -0.4 is 14.9 Å². The number of para-hydroxylation sites is 2. The minimum absolute atomic E-state index is 0.162. The maximum absolute atomic E-state index is 12.4. The first-order chi connectivity index (χ1) is 16.6. The number of benzene rings is 3. The normalized spacial score (nSPS) is 11.0. The van der Waals surface area contributed by atoms with Gasteiger partial charge in [0, 0.05) is 0 Å². The summed E-state index contributed by atoms with van der Waals surface area (Å²) in [6, 6.07) is 21.4. The Kier molecular flexibility index (Phi) is 7.56. The van der Waals surface area contributed by atoms with Gasteiger partial charge in [-0.25, -0.2) is 15.2 Å². The Morgan fingerprint density at radius 1 is 1.06 bits per heavy atom. The molecular weight excluding hydrogens is 452 g/mol. The fraction of sp³-hybridized carbons (Fsp3) is 0.120. The van der Waals surface area contributed by atoms with E-state index in [0.717, 1.165) is 11.0 Å². The van der Waals surface area contributed by atoms with Gasteiger partial charge in [0.15, 0.2) is 16.7 Å². The number of nitrogens with one attached hydrogen (secondary N) is 2. The van der Waals surface area contributed by atoms with Crippen LogP contribution in [0.2, 0.25) is 0 Å². The molecule has 0 aliphatic carbocycles. The number of aromatic amines is 1. The predicted octanol–water partition coefficient (Wildman–Crippen LogP) is 4.42. The van der Waals surface area contributed by atoms with E-state index < -0.39 is 5.97 Å². The Hall–Kier alpha value is -4.11. The number of carbonyl (C=O) groups is 2. The molecule has 0 radical (unpaired) electrons. The van der Waals surface area contributed by atoms with Crippen LogP contribution in [0, 0.1) is 0 Å². The second-order valence-corrected chi connectivity index (χ2v) is 8.00. The van der Waals surface area contributed by atoms with Crippen molar-refractivity contribution in [3.05, 3.63) is 83.9 Å². The maximum Gasteiger partial charge on any atom is 0.343 e. The van der Waals surface area contributed by atoms with Gasteiger partial charge in [-0.15, -0.1) is 0 Å². The maximum atomic E-state index is 12.4. The van der Waals surface area contributed by atoms with E-state index in [4.69, 9.17) is 9.47 Å². The van der Waals surface area contributed by atoms with Gasteiger partial charge in [0.25, 0.3) is 5.91 Å². The molecule has 3 aromatic carbocycles. The number of H-pyrrole nitrogens is 1. The zero-order valence-corrected chi connectivity index (χ0v) is 19.2. The third-order valence-electron chi connectivity index (χ3n) is 4.59. The average molecular weight is 475 g/mol. The molecule has 4 rings (SSSR count). The van der Waals surface area contributed by atoms with Gasteiger partial charge >= 0.3 is 5.97 Å². The molecular formula is C25H22N4O4S. The van der Waals surface area contributed by atoms with Crippen molar-refractivity contribution in [2.24, 2.45) is 5.10 Å². The molecule has 9 heteroatoms. The van der Waals surface area contributed by atoms with Crippen LogP contribution in [0.25, 0.3) is 11.0 Å². The van der Waals surface area contributed by atoms with Crippen LogP contribution in [0.4, 0.5) is 0 Å².